The van der Waals surface area contributed by atoms with Gasteiger partial charge in [0, 0.05) is 24.7 Å². The third-order valence-electron chi connectivity index (χ3n) is 4.67. The van der Waals surface area contributed by atoms with Crippen LogP contribution in [0.3, 0.4) is 0 Å². The Morgan fingerprint density at radius 2 is 1.74 bits per heavy atom. The number of hydrogen-bond donors (Lipinski definition) is 1. The predicted molar refractivity (Wildman–Crippen MR) is 83.0 cm³/mol. The van der Waals surface area contributed by atoms with Crippen LogP contribution in [0.15, 0.2) is 30.3 Å². The van der Waals surface area contributed by atoms with Crippen molar-refractivity contribution in [3.8, 4) is 0 Å². The molecule has 1 N–H and O–H groups in total. The van der Waals surface area contributed by atoms with Crippen molar-refractivity contribution in [2.24, 2.45) is 0 Å². The Bertz CT molecular complexity index is 370. The Morgan fingerprint density at radius 1 is 1.11 bits per heavy atom. The Kier molecular flexibility index (Phi) is 5.26. The van der Waals surface area contributed by atoms with E-state index in [1.807, 2.05) is 0 Å². The molecule has 0 saturated carbocycles. The molecule has 3 rings (SSSR count). The van der Waals surface area contributed by atoms with Crippen LogP contribution in [-0.4, -0.2) is 36.6 Å². The zero-order valence-corrected chi connectivity index (χ0v) is 12.5. The standard InChI is InChI=1S/C16H24N2.ClH/c1-18(10-9-13-5-3-2-4-6-13)16-11-14-7-8-15(12-16)17-14;/h2-6,14-17H,7-12H2,1H3;1H. The molecule has 1 aromatic rings. The van der Waals surface area contributed by atoms with Crippen LogP contribution in [0.1, 0.15) is 31.2 Å². The van der Waals surface area contributed by atoms with Gasteiger partial charge in [-0.05, 0) is 44.7 Å². The van der Waals surface area contributed by atoms with Crippen molar-refractivity contribution in [1.29, 1.82) is 0 Å². The van der Waals surface area contributed by atoms with Crippen LogP contribution < -0.4 is 5.32 Å². The van der Waals surface area contributed by atoms with E-state index in [-0.39, 0.29) is 12.4 Å². The van der Waals surface area contributed by atoms with E-state index < -0.39 is 0 Å². The smallest absolute Gasteiger partial charge is 0.0122 e. The molecule has 2 atom stereocenters. The molecule has 19 heavy (non-hydrogen) atoms. The van der Waals surface area contributed by atoms with Crippen LogP contribution in [0.4, 0.5) is 0 Å². The van der Waals surface area contributed by atoms with Gasteiger partial charge in [-0.1, -0.05) is 30.3 Å². The molecule has 2 bridgehead atoms. The number of likely N-dealkylation sites (N-methyl/N-ethyl adjacent to an activating group) is 1. The highest BCUT2D eigenvalue weighted by Gasteiger charge is 2.34. The van der Waals surface area contributed by atoms with Crippen LogP contribution in [-0.2, 0) is 6.42 Å². The Hall–Kier alpha value is -0.570. The van der Waals surface area contributed by atoms with E-state index in [9.17, 15) is 0 Å². The summed E-state index contributed by atoms with van der Waals surface area (Å²) in [5, 5.41) is 3.72. The first-order valence-corrected chi connectivity index (χ1v) is 7.31. The molecular formula is C16H25ClN2. The van der Waals surface area contributed by atoms with Gasteiger partial charge < -0.3 is 10.2 Å². The lowest BCUT2D eigenvalue weighted by Crippen LogP contribution is -2.47. The number of fused-ring (bicyclic) bond motifs is 2. The number of benzene rings is 1. The molecule has 2 saturated heterocycles. The van der Waals surface area contributed by atoms with Gasteiger partial charge in [-0.3, -0.25) is 0 Å². The summed E-state index contributed by atoms with van der Waals surface area (Å²) < 4.78 is 0. The van der Waals surface area contributed by atoms with Gasteiger partial charge in [-0.2, -0.15) is 0 Å². The monoisotopic (exact) mass is 280 g/mol. The molecule has 0 aromatic heterocycles. The second kappa shape index (κ2) is 6.74. The van der Waals surface area contributed by atoms with E-state index in [1.54, 1.807) is 0 Å². The van der Waals surface area contributed by atoms with Gasteiger partial charge in [0.1, 0.15) is 0 Å². The van der Waals surface area contributed by atoms with E-state index in [4.69, 9.17) is 0 Å². The van der Waals surface area contributed by atoms with Crippen LogP contribution in [0.25, 0.3) is 0 Å². The first kappa shape index (κ1) is 14.8. The van der Waals surface area contributed by atoms with E-state index in [0.29, 0.717) is 0 Å². The third kappa shape index (κ3) is 3.71. The molecule has 0 aliphatic carbocycles. The maximum Gasteiger partial charge on any atom is 0.0122 e. The lowest BCUT2D eigenvalue weighted by Gasteiger charge is -2.35. The summed E-state index contributed by atoms with van der Waals surface area (Å²) in [6.07, 6.45) is 6.67. The summed E-state index contributed by atoms with van der Waals surface area (Å²) >= 11 is 0. The molecule has 0 radical (unpaired) electrons. The SMILES string of the molecule is CN(CCc1ccccc1)C1CC2CCC(C1)N2.Cl. The lowest BCUT2D eigenvalue weighted by molar-refractivity contribution is 0.174. The number of rotatable bonds is 4. The first-order valence-electron chi connectivity index (χ1n) is 7.31. The molecule has 2 heterocycles. The fraction of sp³-hybridized carbons (Fsp3) is 0.625. The van der Waals surface area contributed by atoms with Crippen molar-refractivity contribution in [2.45, 2.75) is 50.2 Å². The van der Waals surface area contributed by atoms with Crippen molar-refractivity contribution >= 4 is 12.4 Å². The molecule has 106 valence electrons. The molecule has 0 spiro atoms. The summed E-state index contributed by atoms with van der Waals surface area (Å²) in [6, 6.07) is 13.2. The van der Waals surface area contributed by atoms with Crippen LogP contribution in [0.2, 0.25) is 0 Å². The second-order valence-corrected chi connectivity index (χ2v) is 5.98. The number of nitrogens with zero attached hydrogens (tertiary/aromatic N) is 1. The molecule has 2 unspecified atom stereocenters. The van der Waals surface area contributed by atoms with Crippen LogP contribution in [0, 0.1) is 0 Å². The zero-order chi connectivity index (χ0) is 12.4. The minimum absolute atomic E-state index is 0. The van der Waals surface area contributed by atoms with Crippen molar-refractivity contribution in [3.05, 3.63) is 35.9 Å². The Balaban J connectivity index is 0.00000133. The molecule has 2 fully saturated rings. The predicted octanol–water partition coefficient (Wildman–Crippen LogP) is 2.87. The summed E-state index contributed by atoms with van der Waals surface area (Å²) in [7, 11) is 2.30. The molecule has 2 aliphatic rings. The zero-order valence-electron chi connectivity index (χ0n) is 11.7. The number of piperidine rings is 1. The normalized spacial score (nSPS) is 29.3. The average Bonchev–Trinajstić information content (AvgIpc) is 2.76. The first-order chi connectivity index (χ1) is 8.81. The van der Waals surface area contributed by atoms with Crippen molar-refractivity contribution < 1.29 is 0 Å². The number of halogens is 1. The van der Waals surface area contributed by atoms with E-state index in [2.05, 4.69) is 47.6 Å². The minimum Gasteiger partial charge on any atom is -0.311 e. The maximum atomic E-state index is 3.72. The molecular weight excluding hydrogens is 256 g/mol. The van der Waals surface area contributed by atoms with Crippen molar-refractivity contribution in [3.63, 3.8) is 0 Å². The molecule has 1 aromatic carbocycles. The van der Waals surface area contributed by atoms with Gasteiger partial charge in [0.15, 0.2) is 0 Å². The fourth-order valence-corrected chi connectivity index (χ4v) is 3.52. The second-order valence-electron chi connectivity index (χ2n) is 5.98. The quantitative estimate of drug-likeness (QED) is 0.912. The van der Waals surface area contributed by atoms with Crippen molar-refractivity contribution in [1.82, 2.24) is 10.2 Å². The van der Waals surface area contributed by atoms with Gasteiger partial charge in [0.25, 0.3) is 0 Å². The summed E-state index contributed by atoms with van der Waals surface area (Å²) in [5.41, 5.74) is 1.46. The highest BCUT2D eigenvalue weighted by Crippen LogP contribution is 2.29. The van der Waals surface area contributed by atoms with Gasteiger partial charge >= 0.3 is 0 Å². The highest BCUT2D eigenvalue weighted by molar-refractivity contribution is 5.85. The molecule has 3 heteroatoms. The topological polar surface area (TPSA) is 15.3 Å². The minimum atomic E-state index is 0. The van der Waals surface area contributed by atoms with Crippen molar-refractivity contribution in [2.75, 3.05) is 13.6 Å². The number of nitrogens with one attached hydrogen (secondary N) is 1. The van der Waals surface area contributed by atoms with E-state index in [1.165, 1.54) is 44.2 Å². The van der Waals surface area contributed by atoms with Gasteiger partial charge in [-0.15, -0.1) is 12.4 Å². The lowest BCUT2D eigenvalue weighted by atomic mass is 9.98. The molecule has 2 nitrogen and oxygen atoms in total. The summed E-state index contributed by atoms with van der Waals surface area (Å²) in [4.78, 5) is 2.58. The summed E-state index contributed by atoms with van der Waals surface area (Å²) in [5.74, 6) is 0. The van der Waals surface area contributed by atoms with Gasteiger partial charge in [0.2, 0.25) is 0 Å². The average molecular weight is 281 g/mol. The Labute approximate surface area is 123 Å². The van der Waals surface area contributed by atoms with Gasteiger partial charge in [0.05, 0.1) is 0 Å². The third-order valence-corrected chi connectivity index (χ3v) is 4.67. The van der Waals surface area contributed by atoms with Gasteiger partial charge in [-0.25, -0.2) is 0 Å². The molecule has 0 amide bonds. The largest absolute Gasteiger partial charge is 0.311 e. The van der Waals surface area contributed by atoms with Crippen LogP contribution in [0.5, 0.6) is 0 Å². The van der Waals surface area contributed by atoms with E-state index >= 15 is 0 Å². The highest BCUT2D eigenvalue weighted by atomic mass is 35.5. The fourth-order valence-electron chi connectivity index (χ4n) is 3.52. The molecule has 2 aliphatic heterocycles. The van der Waals surface area contributed by atoms with E-state index in [0.717, 1.165) is 18.1 Å². The Morgan fingerprint density at radius 3 is 2.37 bits per heavy atom. The maximum absolute atomic E-state index is 3.72. The van der Waals surface area contributed by atoms with Crippen LogP contribution >= 0.6 is 12.4 Å². The number of hydrogen-bond acceptors (Lipinski definition) is 2. The summed E-state index contributed by atoms with van der Waals surface area (Å²) in [6.45, 7) is 1.19.